The Morgan fingerprint density at radius 2 is 2.28 bits per heavy atom. The van der Waals surface area contributed by atoms with Crippen molar-refractivity contribution in [2.24, 2.45) is 5.73 Å². The van der Waals surface area contributed by atoms with Crippen LogP contribution in [0.2, 0.25) is 5.02 Å². The van der Waals surface area contributed by atoms with Crippen molar-refractivity contribution in [3.8, 4) is 0 Å². The lowest BCUT2D eigenvalue weighted by molar-refractivity contribution is 0.118. The van der Waals surface area contributed by atoms with E-state index in [0.29, 0.717) is 16.1 Å². The molecule has 2 N–H and O–H groups in total. The third kappa shape index (κ3) is 2.60. The van der Waals surface area contributed by atoms with E-state index >= 15 is 0 Å². The van der Waals surface area contributed by atoms with E-state index in [1.54, 1.807) is 0 Å². The minimum Gasteiger partial charge on any atom is -0.389 e. The number of rotatable bonds is 3. The lowest BCUT2D eigenvalue weighted by Gasteiger charge is -2.29. The fourth-order valence-corrected chi connectivity index (χ4v) is 2.85. The van der Waals surface area contributed by atoms with Crippen LogP contribution >= 0.6 is 23.8 Å². The Balaban J connectivity index is 2.23. The van der Waals surface area contributed by atoms with E-state index in [4.69, 9.17) is 34.3 Å². The van der Waals surface area contributed by atoms with E-state index in [1.807, 2.05) is 18.2 Å². The Morgan fingerprint density at radius 3 is 2.78 bits per heavy atom. The number of hydrogen-bond acceptors (Lipinski definition) is 3. The highest BCUT2D eigenvalue weighted by Gasteiger charge is 2.28. The molecule has 1 aliphatic heterocycles. The zero-order valence-corrected chi connectivity index (χ0v) is 12.1. The maximum absolute atomic E-state index is 6.19. The summed E-state index contributed by atoms with van der Waals surface area (Å²) in [6.45, 7) is 2.91. The fraction of sp³-hybridized carbons (Fsp3) is 0.462. The summed E-state index contributed by atoms with van der Waals surface area (Å²) < 4.78 is 5.58. The molecule has 2 unspecified atom stereocenters. The molecule has 5 heteroatoms. The molecule has 1 heterocycles. The molecular formula is C13H17ClN2OS. The smallest absolute Gasteiger partial charge is 0.105 e. The molecule has 98 valence electrons. The second kappa shape index (κ2) is 5.43. The SMILES string of the molecule is CC1OCCC1N(C)c1ccc(C(N)=S)c(Cl)c1. The van der Waals surface area contributed by atoms with Crippen molar-refractivity contribution in [3.05, 3.63) is 28.8 Å². The summed E-state index contributed by atoms with van der Waals surface area (Å²) in [5.41, 5.74) is 7.38. The predicted octanol–water partition coefficient (Wildman–Crippen LogP) is 2.59. The number of hydrogen-bond donors (Lipinski definition) is 1. The van der Waals surface area contributed by atoms with Crippen molar-refractivity contribution in [3.63, 3.8) is 0 Å². The van der Waals surface area contributed by atoms with Gasteiger partial charge in [0.25, 0.3) is 0 Å². The minimum absolute atomic E-state index is 0.240. The molecule has 18 heavy (non-hydrogen) atoms. The van der Waals surface area contributed by atoms with Gasteiger partial charge in [0.05, 0.1) is 17.2 Å². The summed E-state index contributed by atoms with van der Waals surface area (Å²) in [5.74, 6) is 0. The topological polar surface area (TPSA) is 38.5 Å². The number of anilines is 1. The average Bonchev–Trinajstić information content (AvgIpc) is 2.74. The second-order valence-electron chi connectivity index (χ2n) is 4.57. The fourth-order valence-electron chi connectivity index (χ4n) is 2.34. The molecule has 2 rings (SSSR count). The van der Waals surface area contributed by atoms with Crippen molar-refractivity contribution in [1.29, 1.82) is 0 Å². The predicted molar refractivity (Wildman–Crippen MR) is 79.6 cm³/mol. The summed E-state index contributed by atoms with van der Waals surface area (Å²) in [4.78, 5) is 2.53. The molecule has 3 nitrogen and oxygen atoms in total. The highest BCUT2D eigenvalue weighted by atomic mass is 35.5. The Hall–Kier alpha value is -0.840. The normalized spacial score (nSPS) is 23.1. The van der Waals surface area contributed by atoms with Crippen LogP contribution in [-0.4, -0.2) is 30.8 Å². The summed E-state index contributed by atoms with van der Waals surface area (Å²) in [6, 6.07) is 6.15. The van der Waals surface area contributed by atoms with E-state index in [2.05, 4.69) is 18.9 Å². The monoisotopic (exact) mass is 284 g/mol. The molecule has 1 fully saturated rings. The van der Waals surface area contributed by atoms with Gasteiger partial charge in [0.1, 0.15) is 4.99 Å². The first-order valence-corrected chi connectivity index (χ1v) is 6.73. The van der Waals surface area contributed by atoms with Gasteiger partial charge >= 0.3 is 0 Å². The molecule has 1 aromatic rings. The molecular weight excluding hydrogens is 268 g/mol. The number of nitrogens with two attached hydrogens (primary N) is 1. The zero-order valence-electron chi connectivity index (χ0n) is 10.5. The Labute approximate surface area is 118 Å². The summed E-state index contributed by atoms with van der Waals surface area (Å²) in [5, 5.41) is 0.596. The van der Waals surface area contributed by atoms with Crippen molar-refractivity contribution in [2.75, 3.05) is 18.6 Å². The number of likely N-dealkylation sites (N-methyl/N-ethyl adjacent to an activating group) is 1. The molecule has 0 spiro atoms. The molecule has 2 atom stereocenters. The highest BCUT2D eigenvalue weighted by Crippen LogP contribution is 2.28. The number of thiocarbonyl (C=S) groups is 1. The van der Waals surface area contributed by atoms with Crippen LogP contribution in [0.15, 0.2) is 18.2 Å². The van der Waals surface area contributed by atoms with Gasteiger partial charge in [-0.1, -0.05) is 23.8 Å². The van der Waals surface area contributed by atoms with Crippen molar-refractivity contribution in [1.82, 2.24) is 0 Å². The van der Waals surface area contributed by atoms with E-state index in [-0.39, 0.29) is 6.10 Å². The van der Waals surface area contributed by atoms with Gasteiger partial charge in [-0.05, 0) is 31.5 Å². The Bertz CT molecular complexity index is 466. The van der Waals surface area contributed by atoms with Crippen molar-refractivity contribution < 1.29 is 4.74 Å². The third-order valence-electron chi connectivity index (χ3n) is 3.46. The molecule has 1 aliphatic rings. The number of ether oxygens (including phenoxy) is 1. The van der Waals surface area contributed by atoms with Gasteiger partial charge in [-0.25, -0.2) is 0 Å². The first-order valence-electron chi connectivity index (χ1n) is 5.94. The minimum atomic E-state index is 0.240. The van der Waals surface area contributed by atoms with Crippen LogP contribution in [-0.2, 0) is 4.74 Å². The lowest BCUT2D eigenvalue weighted by atomic mass is 10.1. The van der Waals surface area contributed by atoms with E-state index in [9.17, 15) is 0 Å². The van der Waals surface area contributed by atoms with Crippen LogP contribution < -0.4 is 10.6 Å². The van der Waals surface area contributed by atoms with Crippen molar-refractivity contribution >= 4 is 34.5 Å². The number of benzene rings is 1. The molecule has 0 aromatic heterocycles. The summed E-state index contributed by atoms with van der Waals surface area (Å²) in [7, 11) is 2.06. The standard InChI is InChI=1S/C13H17ClN2OS/c1-8-12(5-6-17-8)16(2)9-3-4-10(13(15)18)11(14)7-9/h3-4,7-8,12H,5-6H2,1-2H3,(H2,15,18). The van der Waals surface area contributed by atoms with Gasteiger partial charge in [0, 0.05) is 24.9 Å². The molecule has 0 aliphatic carbocycles. The maximum Gasteiger partial charge on any atom is 0.105 e. The van der Waals surface area contributed by atoms with Crippen molar-refractivity contribution in [2.45, 2.75) is 25.5 Å². The van der Waals surface area contributed by atoms with E-state index < -0.39 is 0 Å². The Kier molecular flexibility index (Phi) is 4.10. The molecule has 1 saturated heterocycles. The third-order valence-corrected chi connectivity index (χ3v) is 3.99. The second-order valence-corrected chi connectivity index (χ2v) is 5.42. The van der Waals surface area contributed by atoms with Crippen LogP contribution in [0.3, 0.4) is 0 Å². The lowest BCUT2D eigenvalue weighted by Crippen LogP contribution is -2.36. The largest absolute Gasteiger partial charge is 0.389 e. The van der Waals surface area contributed by atoms with Crippen LogP contribution in [0.4, 0.5) is 5.69 Å². The van der Waals surface area contributed by atoms with Crippen LogP contribution in [0.5, 0.6) is 0 Å². The molecule has 0 radical (unpaired) electrons. The first kappa shape index (κ1) is 13.6. The maximum atomic E-state index is 6.19. The van der Waals surface area contributed by atoms with Gasteiger partial charge in [0.15, 0.2) is 0 Å². The van der Waals surface area contributed by atoms with Crippen LogP contribution in [0.25, 0.3) is 0 Å². The quantitative estimate of drug-likeness (QED) is 0.866. The van der Waals surface area contributed by atoms with E-state index in [0.717, 1.165) is 24.3 Å². The molecule has 0 saturated carbocycles. The summed E-state index contributed by atoms with van der Waals surface area (Å²) in [6.07, 6.45) is 1.27. The number of halogens is 1. The van der Waals surface area contributed by atoms with Crippen LogP contribution in [0.1, 0.15) is 18.9 Å². The van der Waals surface area contributed by atoms with Gasteiger partial charge in [-0.3, -0.25) is 0 Å². The highest BCUT2D eigenvalue weighted by molar-refractivity contribution is 7.80. The molecule has 0 bridgehead atoms. The number of nitrogens with zero attached hydrogens (tertiary/aromatic N) is 1. The van der Waals surface area contributed by atoms with Gasteiger partial charge in [-0.2, -0.15) is 0 Å². The zero-order chi connectivity index (χ0) is 13.3. The molecule has 1 aromatic carbocycles. The van der Waals surface area contributed by atoms with E-state index in [1.165, 1.54) is 0 Å². The van der Waals surface area contributed by atoms with Crippen LogP contribution in [0, 0.1) is 0 Å². The van der Waals surface area contributed by atoms with Gasteiger partial charge < -0.3 is 15.4 Å². The first-order chi connectivity index (χ1) is 8.50. The Morgan fingerprint density at radius 1 is 1.56 bits per heavy atom. The van der Waals surface area contributed by atoms with Gasteiger partial charge in [-0.15, -0.1) is 0 Å². The van der Waals surface area contributed by atoms with Gasteiger partial charge in [0.2, 0.25) is 0 Å². The molecule has 0 amide bonds. The summed E-state index contributed by atoms with van der Waals surface area (Å²) >= 11 is 11.1. The average molecular weight is 285 g/mol.